The summed E-state index contributed by atoms with van der Waals surface area (Å²) in [4.78, 5) is 4.40. The van der Waals surface area contributed by atoms with Crippen LogP contribution in [-0.2, 0) is 4.74 Å². The van der Waals surface area contributed by atoms with E-state index in [9.17, 15) is 0 Å². The number of allylic oxidation sites excluding steroid dienone is 2. The summed E-state index contributed by atoms with van der Waals surface area (Å²) < 4.78 is 5.00. The van der Waals surface area contributed by atoms with E-state index in [0.29, 0.717) is 5.92 Å². The quantitative estimate of drug-likeness (QED) is 0.629. The summed E-state index contributed by atoms with van der Waals surface area (Å²) in [6.45, 7) is 5.10. The van der Waals surface area contributed by atoms with E-state index in [2.05, 4.69) is 11.9 Å². The molecule has 0 spiro atoms. The number of ether oxygens (including phenoxy) is 1. The molecule has 0 aliphatic rings. The fraction of sp³-hybridized carbons (Fsp3) is 0.750. The van der Waals surface area contributed by atoms with Crippen LogP contribution in [-0.4, -0.2) is 31.6 Å². The minimum Gasteiger partial charge on any atom is -0.396 e. The van der Waals surface area contributed by atoms with Crippen molar-refractivity contribution >= 4 is 6.21 Å². The van der Waals surface area contributed by atoms with Gasteiger partial charge in [0, 0.05) is 32.2 Å². The van der Waals surface area contributed by atoms with E-state index in [-0.39, 0.29) is 6.61 Å². The highest BCUT2D eigenvalue weighted by atomic mass is 16.5. The van der Waals surface area contributed by atoms with E-state index in [1.165, 1.54) is 0 Å². The largest absolute Gasteiger partial charge is 0.396 e. The maximum Gasteiger partial charge on any atom is 0.0468 e. The molecule has 0 aliphatic carbocycles. The number of hydrogen-bond acceptors (Lipinski definition) is 3. The zero-order valence-corrected chi connectivity index (χ0v) is 10.1. The predicted molar refractivity (Wildman–Crippen MR) is 64.2 cm³/mol. The molecule has 0 fully saturated rings. The number of aliphatic imine (C=N–C) groups is 1. The molecule has 88 valence electrons. The van der Waals surface area contributed by atoms with Gasteiger partial charge in [-0.05, 0) is 32.1 Å². The highest BCUT2D eigenvalue weighted by Crippen LogP contribution is 2.07. The molecule has 1 atom stereocenters. The Labute approximate surface area is 92.9 Å². The maximum absolute atomic E-state index is 8.71. The van der Waals surface area contributed by atoms with E-state index in [1.807, 2.05) is 19.2 Å². The van der Waals surface area contributed by atoms with Gasteiger partial charge in [-0.3, -0.25) is 4.99 Å². The summed E-state index contributed by atoms with van der Waals surface area (Å²) in [6.07, 6.45) is 6.59. The fourth-order valence-electron chi connectivity index (χ4n) is 1.14. The summed E-state index contributed by atoms with van der Waals surface area (Å²) in [5.41, 5.74) is 1.05. The van der Waals surface area contributed by atoms with Gasteiger partial charge in [0.15, 0.2) is 0 Å². The Morgan fingerprint density at radius 1 is 1.53 bits per heavy atom. The SMILES string of the molecule is C/C=C(/CCCO)N=CC(C)CCOC. The second-order valence-electron chi connectivity index (χ2n) is 3.64. The van der Waals surface area contributed by atoms with Crippen LogP contribution in [0.2, 0.25) is 0 Å². The van der Waals surface area contributed by atoms with Gasteiger partial charge in [0.1, 0.15) is 0 Å². The topological polar surface area (TPSA) is 41.8 Å². The minimum atomic E-state index is 0.228. The number of nitrogens with zero attached hydrogens (tertiary/aromatic N) is 1. The van der Waals surface area contributed by atoms with E-state index in [0.717, 1.165) is 31.6 Å². The molecule has 0 heterocycles. The first-order chi connectivity index (χ1) is 7.24. The first-order valence-corrected chi connectivity index (χ1v) is 5.53. The Morgan fingerprint density at radius 3 is 2.80 bits per heavy atom. The lowest BCUT2D eigenvalue weighted by molar-refractivity contribution is 0.189. The average Bonchev–Trinajstić information content (AvgIpc) is 2.26. The maximum atomic E-state index is 8.71. The van der Waals surface area contributed by atoms with Gasteiger partial charge in [-0.2, -0.15) is 0 Å². The van der Waals surface area contributed by atoms with Crippen LogP contribution < -0.4 is 0 Å². The van der Waals surface area contributed by atoms with Crippen LogP contribution >= 0.6 is 0 Å². The zero-order valence-electron chi connectivity index (χ0n) is 10.1. The molecule has 0 rings (SSSR count). The Morgan fingerprint density at radius 2 is 2.27 bits per heavy atom. The highest BCUT2D eigenvalue weighted by Gasteiger charge is 1.98. The van der Waals surface area contributed by atoms with Crippen molar-refractivity contribution in [3.8, 4) is 0 Å². The Balaban J connectivity index is 3.89. The summed E-state index contributed by atoms with van der Waals surface area (Å²) in [5, 5.41) is 8.71. The zero-order chi connectivity index (χ0) is 11.5. The molecule has 3 heteroatoms. The van der Waals surface area contributed by atoms with Gasteiger partial charge >= 0.3 is 0 Å². The third kappa shape index (κ3) is 8.33. The van der Waals surface area contributed by atoms with Gasteiger partial charge in [0.2, 0.25) is 0 Å². The van der Waals surface area contributed by atoms with Gasteiger partial charge < -0.3 is 9.84 Å². The summed E-state index contributed by atoms with van der Waals surface area (Å²) in [5.74, 6) is 0.439. The number of rotatable bonds is 8. The lowest BCUT2D eigenvalue weighted by Crippen LogP contribution is -2.01. The van der Waals surface area contributed by atoms with Gasteiger partial charge in [0.25, 0.3) is 0 Å². The van der Waals surface area contributed by atoms with Crippen LogP contribution in [0.1, 0.15) is 33.1 Å². The van der Waals surface area contributed by atoms with E-state index < -0.39 is 0 Å². The summed E-state index contributed by atoms with van der Waals surface area (Å²) >= 11 is 0. The molecule has 15 heavy (non-hydrogen) atoms. The normalized spacial score (nSPS) is 14.8. The van der Waals surface area contributed by atoms with Crippen molar-refractivity contribution in [2.24, 2.45) is 10.9 Å². The van der Waals surface area contributed by atoms with Crippen molar-refractivity contribution in [3.63, 3.8) is 0 Å². The van der Waals surface area contributed by atoms with Crippen LogP contribution in [0.15, 0.2) is 16.8 Å². The number of hydrogen-bond donors (Lipinski definition) is 1. The Hall–Kier alpha value is -0.670. The highest BCUT2D eigenvalue weighted by molar-refractivity contribution is 5.61. The van der Waals surface area contributed by atoms with Crippen LogP contribution in [0.5, 0.6) is 0 Å². The summed E-state index contributed by atoms with van der Waals surface area (Å²) in [6, 6.07) is 0. The molecule has 0 aromatic carbocycles. The molecule has 0 aromatic heterocycles. The molecule has 0 saturated heterocycles. The predicted octanol–water partition coefficient (Wildman–Crippen LogP) is 2.41. The third-order valence-electron chi connectivity index (χ3n) is 2.20. The van der Waals surface area contributed by atoms with E-state index in [4.69, 9.17) is 9.84 Å². The molecule has 1 unspecified atom stereocenters. The van der Waals surface area contributed by atoms with Crippen molar-refractivity contribution in [3.05, 3.63) is 11.8 Å². The van der Waals surface area contributed by atoms with Gasteiger partial charge in [-0.15, -0.1) is 0 Å². The number of methoxy groups -OCH3 is 1. The second-order valence-corrected chi connectivity index (χ2v) is 3.64. The van der Waals surface area contributed by atoms with Crippen molar-refractivity contribution in [2.75, 3.05) is 20.3 Å². The van der Waals surface area contributed by atoms with Crippen LogP contribution in [0.3, 0.4) is 0 Å². The lowest BCUT2D eigenvalue weighted by atomic mass is 10.1. The molecule has 0 bridgehead atoms. The fourth-order valence-corrected chi connectivity index (χ4v) is 1.14. The van der Waals surface area contributed by atoms with E-state index in [1.54, 1.807) is 7.11 Å². The van der Waals surface area contributed by atoms with Crippen LogP contribution in [0.4, 0.5) is 0 Å². The molecule has 0 aromatic rings. The van der Waals surface area contributed by atoms with E-state index >= 15 is 0 Å². The first kappa shape index (κ1) is 14.3. The Bertz CT molecular complexity index is 200. The standard InChI is InChI=1S/C12H23NO2/c1-4-12(6-5-8-14)13-10-11(2)7-9-15-3/h4,10-11,14H,5-9H2,1-3H3/b12-4-,13-10?. The molecule has 1 N–H and O–H groups in total. The molecular formula is C12H23NO2. The molecule has 0 aliphatic heterocycles. The van der Waals surface area contributed by atoms with Crippen molar-refractivity contribution in [1.29, 1.82) is 0 Å². The lowest BCUT2D eigenvalue weighted by Gasteiger charge is -2.05. The molecular weight excluding hydrogens is 190 g/mol. The molecule has 0 radical (unpaired) electrons. The van der Waals surface area contributed by atoms with Gasteiger partial charge in [-0.1, -0.05) is 13.0 Å². The van der Waals surface area contributed by atoms with Gasteiger partial charge in [0.05, 0.1) is 0 Å². The number of aliphatic hydroxyl groups excluding tert-OH is 1. The van der Waals surface area contributed by atoms with Crippen molar-refractivity contribution in [1.82, 2.24) is 0 Å². The number of aliphatic hydroxyl groups is 1. The monoisotopic (exact) mass is 213 g/mol. The summed E-state index contributed by atoms with van der Waals surface area (Å²) in [7, 11) is 1.71. The molecule has 0 amide bonds. The average molecular weight is 213 g/mol. The molecule has 3 nitrogen and oxygen atoms in total. The van der Waals surface area contributed by atoms with Crippen molar-refractivity contribution < 1.29 is 9.84 Å². The van der Waals surface area contributed by atoms with Crippen LogP contribution in [0, 0.1) is 5.92 Å². The minimum absolute atomic E-state index is 0.228. The second kappa shape index (κ2) is 9.87. The molecule has 0 saturated carbocycles. The van der Waals surface area contributed by atoms with Crippen LogP contribution in [0.25, 0.3) is 0 Å². The van der Waals surface area contributed by atoms with Gasteiger partial charge in [-0.25, -0.2) is 0 Å². The smallest absolute Gasteiger partial charge is 0.0468 e. The first-order valence-electron chi connectivity index (χ1n) is 5.53. The third-order valence-corrected chi connectivity index (χ3v) is 2.20. The van der Waals surface area contributed by atoms with Crippen molar-refractivity contribution in [2.45, 2.75) is 33.1 Å². The Kier molecular flexibility index (Phi) is 9.43.